The predicted octanol–water partition coefficient (Wildman–Crippen LogP) is 2.21. The van der Waals surface area contributed by atoms with Crippen molar-refractivity contribution >= 4 is 5.97 Å². The minimum absolute atomic E-state index is 0.253. The molecule has 1 N–H and O–H groups in total. The van der Waals surface area contributed by atoms with Gasteiger partial charge in [0.1, 0.15) is 5.75 Å². The third kappa shape index (κ3) is 4.04. The SMILES string of the molecule is CCOC(=O)[C@@H](Cc1ccc(O)c(C)c1)OCC. The van der Waals surface area contributed by atoms with Gasteiger partial charge in [0.15, 0.2) is 6.10 Å². The highest BCUT2D eigenvalue weighted by atomic mass is 16.6. The van der Waals surface area contributed by atoms with Crippen LogP contribution in [-0.2, 0) is 20.7 Å². The summed E-state index contributed by atoms with van der Waals surface area (Å²) in [6.07, 6.45) is -0.132. The van der Waals surface area contributed by atoms with Crippen LogP contribution in [0.25, 0.3) is 0 Å². The van der Waals surface area contributed by atoms with Gasteiger partial charge in [0.2, 0.25) is 0 Å². The van der Waals surface area contributed by atoms with Gasteiger partial charge in [-0.25, -0.2) is 4.79 Å². The molecule has 0 saturated heterocycles. The summed E-state index contributed by atoms with van der Waals surface area (Å²) in [5.74, 6) is -0.0899. The summed E-state index contributed by atoms with van der Waals surface area (Å²) in [6, 6.07) is 5.26. The quantitative estimate of drug-likeness (QED) is 0.789. The minimum atomic E-state index is -0.584. The molecule has 1 rings (SSSR count). The lowest BCUT2D eigenvalue weighted by Crippen LogP contribution is -2.29. The van der Waals surface area contributed by atoms with E-state index in [1.54, 1.807) is 19.1 Å². The van der Waals surface area contributed by atoms with Gasteiger partial charge in [0.05, 0.1) is 6.61 Å². The Balaban J connectivity index is 2.76. The molecule has 0 aliphatic carbocycles. The third-order valence-corrected chi connectivity index (χ3v) is 2.60. The Morgan fingerprint density at radius 1 is 1.33 bits per heavy atom. The van der Waals surface area contributed by atoms with Crippen molar-refractivity contribution in [3.8, 4) is 5.75 Å². The molecule has 1 aromatic carbocycles. The number of carbonyl (C=O) groups excluding carboxylic acids is 1. The molecule has 0 aromatic heterocycles. The Hall–Kier alpha value is -1.55. The monoisotopic (exact) mass is 252 g/mol. The minimum Gasteiger partial charge on any atom is -0.508 e. The summed E-state index contributed by atoms with van der Waals surface area (Å²) >= 11 is 0. The van der Waals surface area contributed by atoms with E-state index in [-0.39, 0.29) is 11.7 Å². The van der Waals surface area contributed by atoms with Crippen molar-refractivity contribution in [2.75, 3.05) is 13.2 Å². The Bertz CT molecular complexity index is 401. The molecule has 0 amide bonds. The second-order valence-electron chi connectivity index (χ2n) is 4.02. The first-order valence-electron chi connectivity index (χ1n) is 6.15. The smallest absolute Gasteiger partial charge is 0.335 e. The topological polar surface area (TPSA) is 55.8 Å². The number of rotatable bonds is 6. The fourth-order valence-electron chi connectivity index (χ4n) is 1.71. The van der Waals surface area contributed by atoms with E-state index in [0.29, 0.717) is 19.6 Å². The molecule has 1 atom stereocenters. The van der Waals surface area contributed by atoms with Gasteiger partial charge >= 0.3 is 5.97 Å². The lowest BCUT2D eigenvalue weighted by Gasteiger charge is -2.16. The lowest BCUT2D eigenvalue weighted by molar-refractivity contribution is -0.156. The van der Waals surface area contributed by atoms with Crippen LogP contribution < -0.4 is 0 Å². The van der Waals surface area contributed by atoms with Crippen LogP contribution in [0, 0.1) is 6.92 Å². The van der Waals surface area contributed by atoms with Gasteiger partial charge in [0.25, 0.3) is 0 Å². The Morgan fingerprint density at radius 2 is 2.06 bits per heavy atom. The van der Waals surface area contributed by atoms with Crippen molar-refractivity contribution < 1.29 is 19.4 Å². The van der Waals surface area contributed by atoms with Gasteiger partial charge in [-0.3, -0.25) is 0 Å². The first-order chi connectivity index (χ1) is 8.58. The highest BCUT2D eigenvalue weighted by molar-refractivity contribution is 5.75. The highest BCUT2D eigenvalue weighted by Crippen LogP contribution is 2.18. The molecule has 0 aliphatic rings. The number of benzene rings is 1. The molecule has 0 spiro atoms. The number of aromatic hydroxyl groups is 1. The summed E-state index contributed by atoms with van der Waals surface area (Å²) in [4.78, 5) is 11.7. The summed E-state index contributed by atoms with van der Waals surface area (Å²) in [5.41, 5.74) is 1.73. The molecular weight excluding hydrogens is 232 g/mol. The van der Waals surface area contributed by atoms with Gasteiger partial charge in [-0.2, -0.15) is 0 Å². The predicted molar refractivity (Wildman–Crippen MR) is 68.6 cm³/mol. The van der Waals surface area contributed by atoms with Crippen molar-refractivity contribution in [1.82, 2.24) is 0 Å². The first-order valence-corrected chi connectivity index (χ1v) is 6.15. The average Bonchev–Trinajstić information content (AvgIpc) is 2.33. The van der Waals surface area contributed by atoms with Crippen molar-refractivity contribution in [2.45, 2.75) is 33.3 Å². The van der Waals surface area contributed by atoms with E-state index in [9.17, 15) is 9.90 Å². The molecule has 0 radical (unpaired) electrons. The van der Waals surface area contributed by atoms with Crippen LogP contribution in [0.5, 0.6) is 5.75 Å². The molecule has 100 valence electrons. The molecule has 0 heterocycles. The molecule has 18 heavy (non-hydrogen) atoms. The molecule has 1 aromatic rings. The second kappa shape index (κ2) is 7.01. The zero-order chi connectivity index (χ0) is 13.5. The number of hydrogen-bond acceptors (Lipinski definition) is 4. The van der Waals surface area contributed by atoms with Crippen molar-refractivity contribution in [3.05, 3.63) is 29.3 Å². The summed E-state index contributed by atoms with van der Waals surface area (Å²) in [6.45, 7) is 6.23. The molecule has 0 aliphatic heterocycles. The summed E-state index contributed by atoms with van der Waals surface area (Å²) < 4.78 is 10.4. The zero-order valence-corrected chi connectivity index (χ0v) is 11.1. The number of phenolic OH excluding ortho intramolecular Hbond substituents is 1. The molecule has 0 saturated carbocycles. The van der Waals surface area contributed by atoms with E-state index >= 15 is 0 Å². The van der Waals surface area contributed by atoms with E-state index in [2.05, 4.69) is 0 Å². The number of hydrogen-bond donors (Lipinski definition) is 1. The van der Waals surface area contributed by atoms with Crippen LogP contribution in [0.1, 0.15) is 25.0 Å². The van der Waals surface area contributed by atoms with Crippen LogP contribution in [0.15, 0.2) is 18.2 Å². The fourth-order valence-corrected chi connectivity index (χ4v) is 1.71. The van der Waals surface area contributed by atoms with Gasteiger partial charge in [-0.05, 0) is 38.0 Å². The number of phenols is 1. The first kappa shape index (κ1) is 14.5. The van der Waals surface area contributed by atoms with Gasteiger partial charge in [0, 0.05) is 13.0 Å². The van der Waals surface area contributed by atoms with E-state index in [0.717, 1.165) is 11.1 Å². The Kier molecular flexibility index (Phi) is 5.65. The van der Waals surface area contributed by atoms with Crippen LogP contribution in [0.4, 0.5) is 0 Å². The maximum atomic E-state index is 11.7. The number of ether oxygens (including phenoxy) is 2. The maximum Gasteiger partial charge on any atom is 0.335 e. The Labute approximate surface area is 108 Å². The third-order valence-electron chi connectivity index (χ3n) is 2.60. The number of esters is 1. The molecule has 4 heteroatoms. The van der Waals surface area contributed by atoms with Crippen LogP contribution in [-0.4, -0.2) is 30.4 Å². The highest BCUT2D eigenvalue weighted by Gasteiger charge is 2.20. The lowest BCUT2D eigenvalue weighted by atomic mass is 10.0. The van der Waals surface area contributed by atoms with Crippen molar-refractivity contribution in [3.63, 3.8) is 0 Å². The van der Waals surface area contributed by atoms with Crippen LogP contribution in [0.2, 0.25) is 0 Å². The van der Waals surface area contributed by atoms with Crippen molar-refractivity contribution in [2.24, 2.45) is 0 Å². The number of aryl methyl sites for hydroxylation is 1. The van der Waals surface area contributed by atoms with Gasteiger partial charge in [-0.15, -0.1) is 0 Å². The second-order valence-corrected chi connectivity index (χ2v) is 4.02. The molecule has 0 unspecified atom stereocenters. The van der Waals surface area contributed by atoms with E-state index in [1.807, 2.05) is 19.9 Å². The molecule has 4 nitrogen and oxygen atoms in total. The fraction of sp³-hybridized carbons (Fsp3) is 0.500. The normalized spacial score (nSPS) is 12.2. The van der Waals surface area contributed by atoms with Crippen LogP contribution in [0.3, 0.4) is 0 Å². The van der Waals surface area contributed by atoms with E-state index in [4.69, 9.17) is 9.47 Å². The molecular formula is C14H20O4. The van der Waals surface area contributed by atoms with Gasteiger partial charge in [-0.1, -0.05) is 12.1 Å². The zero-order valence-electron chi connectivity index (χ0n) is 11.1. The van der Waals surface area contributed by atoms with E-state index in [1.165, 1.54) is 0 Å². The average molecular weight is 252 g/mol. The maximum absolute atomic E-state index is 11.7. The largest absolute Gasteiger partial charge is 0.508 e. The summed E-state index contributed by atoms with van der Waals surface area (Å²) in [5, 5.41) is 9.45. The van der Waals surface area contributed by atoms with Crippen LogP contribution >= 0.6 is 0 Å². The number of carbonyl (C=O) groups is 1. The molecule has 0 bridgehead atoms. The molecule has 0 fully saturated rings. The standard InChI is InChI=1S/C14H20O4/c1-4-17-13(14(16)18-5-2)9-11-6-7-12(15)10(3)8-11/h6-8,13,15H,4-5,9H2,1-3H3/t13-/m1/s1. The van der Waals surface area contributed by atoms with Crippen molar-refractivity contribution in [1.29, 1.82) is 0 Å². The van der Waals surface area contributed by atoms with Gasteiger partial charge < -0.3 is 14.6 Å². The Morgan fingerprint density at radius 3 is 2.61 bits per heavy atom. The summed E-state index contributed by atoms with van der Waals surface area (Å²) in [7, 11) is 0. The van der Waals surface area contributed by atoms with E-state index < -0.39 is 6.10 Å².